The quantitative estimate of drug-likeness (QED) is 0.700. The highest BCUT2D eigenvalue weighted by Gasteiger charge is 2.06. The first-order valence-electron chi connectivity index (χ1n) is 7.53. The molecule has 0 saturated heterocycles. The monoisotopic (exact) mass is 367 g/mol. The van der Waals surface area contributed by atoms with Gasteiger partial charge in [-0.25, -0.2) is 4.98 Å². The highest BCUT2D eigenvalue weighted by Crippen LogP contribution is 2.22. The predicted octanol–water partition coefficient (Wildman–Crippen LogP) is 3.56. The van der Waals surface area contributed by atoms with Crippen molar-refractivity contribution in [3.8, 4) is 5.75 Å². The number of nitrogens with one attached hydrogen (secondary N) is 2. The number of methoxy groups -OCH3 is 1. The van der Waals surface area contributed by atoms with Gasteiger partial charge in [-0.2, -0.15) is 0 Å². The molecular weight excluding hydrogens is 349 g/mol. The normalized spacial score (nSPS) is 10.3. The Labute approximate surface area is 151 Å². The molecule has 1 aromatic carbocycles. The van der Waals surface area contributed by atoms with Crippen LogP contribution in [0, 0.1) is 0 Å². The van der Waals surface area contributed by atoms with Crippen LogP contribution < -0.4 is 15.4 Å². The van der Waals surface area contributed by atoms with Crippen molar-refractivity contribution >= 4 is 34.9 Å². The van der Waals surface area contributed by atoms with Gasteiger partial charge in [0.25, 0.3) is 0 Å². The summed E-state index contributed by atoms with van der Waals surface area (Å²) in [6, 6.07) is 9.30. The van der Waals surface area contributed by atoms with Crippen molar-refractivity contribution < 1.29 is 9.53 Å². The summed E-state index contributed by atoms with van der Waals surface area (Å²) in [7, 11) is 1.63. The number of carbonyl (C=O) groups is 1. The van der Waals surface area contributed by atoms with Crippen LogP contribution in [0.4, 0.5) is 5.82 Å². The summed E-state index contributed by atoms with van der Waals surface area (Å²) in [5.74, 6) is 1.33. The fourth-order valence-electron chi connectivity index (χ4n) is 2.17. The first-order chi connectivity index (χ1) is 11.6. The second kappa shape index (κ2) is 9.35. The molecule has 7 heteroatoms. The molecular formula is C17H19Cl2N3O2. The molecule has 0 radical (unpaired) electrons. The third kappa shape index (κ3) is 5.58. The Morgan fingerprint density at radius 3 is 2.79 bits per heavy atom. The number of aromatic nitrogens is 1. The molecule has 5 nitrogen and oxygen atoms in total. The van der Waals surface area contributed by atoms with Crippen molar-refractivity contribution in [3.63, 3.8) is 0 Å². The topological polar surface area (TPSA) is 63.2 Å². The number of nitrogens with zero attached hydrogens (tertiary/aromatic N) is 1. The minimum Gasteiger partial charge on any atom is -0.496 e. The second-order valence-corrected chi connectivity index (χ2v) is 5.92. The van der Waals surface area contributed by atoms with Crippen LogP contribution in [0.1, 0.15) is 12.0 Å². The van der Waals surface area contributed by atoms with Crippen molar-refractivity contribution in [1.82, 2.24) is 10.3 Å². The summed E-state index contributed by atoms with van der Waals surface area (Å²) >= 11 is 11.8. The van der Waals surface area contributed by atoms with Crippen LogP contribution in [0.5, 0.6) is 5.75 Å². The number of hydrogen-bond donors (Lipinski definition) is 2. The highest BCUT2D eigenvalue weighted by molar-refractivity contribution is 6.35. The van der Waals surface area contributed by atoms with E-state index in [-0.39, 0.29) is 5.91 Å². The third-order valence-electron chi connectivity index (χ3n) is 3.36. The molecule has 0 bridgehead atoms. The standard InChI is InChI=1S/C17H19Cl2N3O2/c1-24-15-5-3-2-4-12(15)6-7-16(23)20-8-9-21-17-14(19)10-13(18)11-22-17/h2-5,10-11H,6-9H2,1H3,(H,20,23)(H,21,22). The first kappa shape index (κ1) is 18.4. The Balaban J connectivity index is 1.70. The molecule has 128 valence electrons. The summed E-state index contributed by atoms with van der Waals surface area (Å²) in [6.07, 6.45) is 2.55. The lowest BCUT2D eigenvalue weighted by Crippen LogP contribution is -2.29. The maximum absolute atomic E-state index is 11.9. The molecule has 0 atom stereocenters. The molecule has 24 heavy (non-hydrogen) atoms. The summed E-state index contributed by atoms with van der Waals surface area (Å²) in [4.78, 5) is 16.0. The maximum Gasteiger partial charge on any atom is 0.220 e. The number of amides is 1. The van der Waals surface area contributed by atoms with Gasteiger partial charge in [0.1, 0.15) is 11.6 Å². The molecule has 2 rings (SSSR count). The van der Waals surface area contributed by atoms with Gasteiger partial charge in [0.2, 0.25) is 5.91 Å². The zero-order valence-electron chi connectivity index (χ0n) is 13.3. The molecule has 2 N–H and O–H groups in total. The number of aryl methyl sites for hydroxylation is 1. The average molecular weight is 368 g/mol. The Bertz CT molecular complexity index is 695. The SMILES string of the molecule is COc1ccccc1CCC(=O)NCCNc1ncc(Cl)cc1Cl. The molecule has 0 aliphatic carbocycles. The largest absolute Gasteiger partial charge is 0.496 e. The lowest BCUT2D eigenvalue weighted by Gasteiger charge is -2.10. The van der Waals surface area contributed by atoms with Crippen LogP contribution in [0.25, 0.3) is 0 Å². The molecule has 0 unspecified atom stereocenters. The van der Waals surface area contributed by atoms with Crippen LogP contribution in [0.3, 0.4) is 0 Å². The van der Waals surface area contributed by atoms with E-state index in [9.17, 15) is 4.79 Å². The Hall–Kier alpha value is -1.98. The van der Waals surface area contributed by atoms with E-state index in [4.69, 9.17) is 27.9 Å². The van der Waals surface area contributed by atoms with Crippen molar-refractivity contribution in [2.75, 3.05) is 25.5 Å². The average Bonchev–Trinajstić information content (AvgIpc) is 2.58. The lowest BCUT2D eigenvalue weighted by molar-refractivity contribution is -0.120. The number of rotatable bonds is 8. The molecule has 0 fully saturated rings. The van der Waals surface area contributed by atoms with Gasteiger partial charge in [0.05, 0.1) is 17.2 Å². The number of ether oxygens (including phenoxy) is 1. The Morgan fingerprint density at radius 2 is 2.04 bits per heavy atom. The molecule has 0 aliphatic rings. The minimum atomic E-state index is -0.0159. The van der Waals surface area contributed by atoms with E-state index in [0.717, 1.165) is 11.3 Å². The number of pyridine rings is 1. The number of halogens is 2. The van der Waals surface area contributed by atoms with E-state index in [1.54, 1.807) is 13.2 Å². The van der Waals surface area contributed by atoms with E-state index in [0.29, 0.717) is 41.8 Å². The fraction of sp³-hybridized carbons (Fsp3) is 0.294. The van der Waals surface area contributed by atoms with Crippen LogP contribution >= 0.6 is 23.2 Å². The number of hydrogen-bond acceptors (Lipinski definition) is 4. The smallest absolute Gasteiger partial charge is 0.220 e. The molecule has 2 aromatic rings. The van der Waals surface area contributed by atoms with Gasteiger partial charge >= 0.3 is 0 Å². The van der Waals surface area contributed by atoms with E-state index >= 15 is 0 Å². The predicted molar refractivity (Wildman–Crippen MR) is 97.1 cm³/mol. The summed E-state index contributed by atoms with van der Waals surface area (Å²) in [5, 5.41) is 6.83. The van der Waals surface area contributed by atoms with Crippen LogP contribution in [0.2, 0.25) is 10.0 Å². The fourth-order valence-corrected chi connectivity index (χ4v) is 2.62. The molecule has 0 saturated carbocycles. The van der Waals surface area contributed by atoms with Gasteiger partial charge in [0, 0.05) is 25.7 Å². The van der Waals surface area contributed by atoms with Crippen molar-refractivity contribution in [2.45, 2.75) is 12.8 Å². The van der Waals surface area contributed by atoms with E-state index in [2.05, 4.69) is 15.6 Å². The molecule has 0 aliphatic heterocycles. The number of para-hydroxylation sites is 1. The van der Waals surface area contributed by atoms with Gasteiger partial charge < -0.3 is 15.4 Å². The second-order valence-electron chi connectivity index (χ2n) is 5.07. The van der Waals surface area contributed by atoms with E-state index in [1.165, 1.54) is 6.20 Å². The van der Waals surface area contributed by atoms with Crippen molar-refractivity contribution in [1.29, 1.82) is 0 Å². The molecule has 1 aromatic heterocycles. The van der Waals surface area contributed by atoms with Crippen LogP contribution in [0.15, 0.2) is 36.5 Å². The van der Waals surface area contributed by atoms with Crippen LogP contribution in [-0.2, 0) is 11.2 Å². The number of carbonyl (C=O) groups excluding carboxylic acids is 1. The van der Waals surface area contributed by atoms with E-state index in [1.807, 2.05) is 24.3 Å². The van der Waals surface area contributed by atoms with Gasteiger partial charge in [-0.15, -0.1) is 0 Å². The highest BCUT2D eigenvalue weighted by atomic mass is 35.5. The number of benzene rings is 1. The van der Waals surface area contributed by atoms with Gasteiger partial charge in [-0.3, -0.25) is 4.79 Å². The van der Waals surface area contributed by atoms with Gasteiger partial charge in [-0.1, -0.05) is 41.4 Å². The number of anilines is 1. The van der Waals surface area contributed by atoms with Gasteiger partial charge in [0.15, 0.2) is 0 Å². The summed E-state index contributed by atoms with van der Waals surface area (Å²) in [5.41, 5.74) is 1.02. The first-order valence-corrected chi connectivity index (χ1v) is 8.29. The Kier molecular flexibility index (Phi) is 7.15. The van der Waals surface area contributed by atoms with Gasteiger partial charge in [-0.05, 0) is 24.1 Å². The minimum absolute atomic E-state index is 0.0159. The lowest BCUT2D eigenvalue weighted by atomic mass is 10.1. The molecule has 1 heterocycles. The van der Waals surface area contributed by atoms with E-state index < -0.39 is 0 Å². The summed E-state index contributed by atoms with van der Waals surface area (Å²) < 4.78 is 5.27. The zero-order valence-corrected chi connectivity index (χ0v) is 14.8. The van der Waals surface area contributed by atoms with Crippen molar-refractivity contribution in [3.05, 3.63) is 52.1 Å². The maximum atomic E-state index is 11.9. The molecule has 0 spiro atoms. The van der Waals surface area contributed by atoms with Crippen molar-refractivity contribution in [2.24, 2.45) is 0 Å². The molecule has 1 amide bonds. The van der Waals surface area contributed by atoms with Crippen LogP contribution in [-0.4, -0.2) is 31.1 Å². The Morgan fingerprint density at radius 1 is 1.25 bits per heavy atom. The zero-order chi connectivity index (χ0) is 17.4. The third-order valence-corrected chi connectivity index (χ3v) is 3.86. The summed E-state index contributed by atoms with van der Waals surface area (Å²) in [6.45, 7) is 1.00.